The lowest BCUT2D eigenvalue weighted by atomic mass is 10.2. The maximum absolute atomic E-state index is 11.6. The molecule has 3 rings (SSSR count). The zero-order valence-corrected chi connectivity index (χ0v) is 11.6. The summed E-state index contributed by atoms with van der Waals surface area (Å²) in [6, 6.07) is 5.48. The summed E-state index contributed by atoms with van der Waals surface area (Å²) in [5, 5.41) is 0. The van der Waals surface area contributed by atoms with Crippen LogP contribution in [0.5, 0.6) is 0 Å². The normalized spacial score (nSPS) is 11.0. The van der Waals surface area contributed by atoms with Crippen molar-refractivity contribution in [3.63, 3.8) is 0 Å². The second-order valence-corrected chi connectivity index (χ2v) is 5.19. The molecule has 8 heteroatoms. The van der Waals surface area contributed by atoms with Gasteiger partial charge in [0, 0.05) is 14.8 Å². The van der Waals surface area contributed by atoms with Gasteiger partial charge in [-0.25, -0.2) is 9.78 Å². The van der Waals surface area contributed by atoms with Gasteiger partial charge in [-0.2, -0.15) is 0 Å². The third-order valence-corrected chi connectivity index (χ3v) is 3.33. The number of hydrogen-bond acceptors (Lipinski definition) is 4. The van der Waals surface area contributed by atoms with Crippen LogP contribution >= 0.6 is 22.6 Å². The molecule has 0 atom stereocenters. The summed E-state index contributed by atoms with van der Waals surface area (Å²) in [7, 11) is 0. The minimum Gasteiger partial charge on any atom is -0.398 e. The van der Waals surface area contributed by atoms with Crippen LogP contribution in [0.2, 0.25) is 0 Å². The standard InChI is InChI=1S/C11H8IN5O2/c12-4-1-2-6(13)5(3-4)8-14-7-9(15-8)16-11(19)17-10(7)18/h1-3H,13H2,(H3,14,15,16,17,18,19). The van der Waals surface area contributed by atoms with Gasteiger partial charge in [0.2, 0.25) is 0 Å². The van der Waals surface area contributed by atoms with Gasteiger partial charge in [-0.1, -0.05) is 0 Å². The first-order valence-corrected chi connectivity index (χ1v) is 6.40. The maximum Gasteiger partial charge on any atom is 0.327 e. The van der Waals surface area contributed by atoms with Crippen molar-refractivity contribution in [1.82, 2.24) is 19.9 Å². The summed E-state index contributed by atoms with van der Waals surface area (Å²) in [4.78, 5) is 34.4. The molecule has 19 heavy (non-hydrogen) atoms. The fraction of sp³-hybridized carbons (Fsp3) is 0. The molecular weight excluding hydrogens is 361 g/mol. The van der Waals surface area contributed by atoms with Crippen LogP contribution in [0.15, 0.2) is 27.8 Å². The van der Waals surface area contributed by atoms with Crippen molar-refractivity contribution in [3.8, 4) is 11.4 Å². The van der Waals surface area contributed by atoms with Crippen LogP contribution in [0.25, 0.3) is 22.6 Å². The number of nitrogen functional groups attached to an aromatic ring is 1. The third kappa shape index (κ3) is 2.03. The molecule has 0 spiro atoms. The number of fused-ring (bicyclic) bond motifs is 1. The topological polar surface area (TPSA) is 120 Å². The Kier molecular flexibility index (Phi) is 2.66. The molecule has 0 unspecified atom stereocenters. The molecule has 2 aromatic heterocycles. The van der Waals surface area contributed by atoms with Crippen LogP contribution in [0.3, 0.4) is 0 Å². The highest BCUT2D eigenvalue weighted by Gasteiger charge is 2.11. The minimum absolute atomic E-state index is 0.210. The number of nitrogens with zero attached hydrogens (tertiary/aromatic N) is 1. The Morgan fingerprint density at radius 2 is 1.95 bits per heavy atom. The summed E-state index contributed by atoms with van der Waals surface area (Å²) in [6.07, 6.45) is 0. The number of halogens is 1. The van der Waals surface area contributed by atoms with Crippen LogP contribution in [-0.4, -0.2) is 19.9 Å². The predicted molar refractivity (Wildman–Crippen MR) is 79.9 cm³/mol. The van der Waals surface area contributed by atoms with E-state index < -0.39 is 11.2 Å². The Balaban J connectivity index is 2.32. The summed E-state index contributed by atoms with van der Waals surface area (Å²) >= 11 is 2.16. The average molecular weight is 369 g/mol. The van der Waals surface area contributed by atoms with E-state index in [1.54, 1.807) is 6.07 Å². The monoisotopic (exact) mass is 369 g/mol. The van der Waals surface area contributed by atoms with Crippen molar-refractivity contribution < 1.29 is 0 Å². The number of aromatic nitrogens is 4. The SMILES string of the molecule is Nc1ccc(I)cc1-c1nc2[nH]c(=O)[nH]c(=O)c2[nH]1. The average Bonchev–Trinajstić information content (AvgIpc) is 2.76. The fourth-order valence-electron chi connectivity index (χ4n) is 1.79. The number of nitrogens with one attached hydrogen (secondary N) is 3. The fourth-order valence-corrected chi connectivity index (χ4v) is 2.28. The van der Waals surface area contributed by atoms with E-state index in [1.807, 2.05) is 12.1 Å². The van der Waals surface area contributed by atoms with Crippen LogP contribution < -0.4 is 17.0 Å². The Labute approximate surface area is 119 Å². The zero-order valence-electron chi connectivity index (χ0n) is 9.45. The van der Waals surface area contributed by atoms with Crippen molar-refractivity contribution >= 4 is 39.4 Å². The quantitative estimate of drug-likeness (QED) is 0.374. The Bertz CT molecular complexity index is 892. The van der Waals surface area contributed by atoms with Crippen molar-refractivity contribution in [2.75, 3.05) is 5.73 Å². The van der Waals surface area contributed by atoms with E-state index in [0.717, 1.165) is 3.57 Å². The second-order valence-electron chi connectivity index (χ2n) is 3.95. The van der Waals surface area contributed by atoms with E-state index in [1.165, 1.54) is 0 Å². The van der Waals surface area contributed by atoms with E-state index in [-0.39, 0.29) is 11.2 Å². The van der Waals surface area contributed by atoms with Gasteiger partial charge < -0.3 is 10.7 Å². The highest BCUT2D eigenvalue weighted by Crippen LogP contribution is 2.25. The molecule has 0 aliphatic heterocycles. The number of anilines is 1. The summed E-state index contributed by atoms with van der Waals surface area (Å²) < 4.78 is 0.990. The van der Waals surface area contributed by atoms with Crippen molar-refractivity contribution in [1.29, 1.82) is 0 Å². The molecule has 0 amide bonds. The van der Waals surface area contributed by atoms with Gasteiger partial charge >= 0.3 is 5.69 Å². The largest absolute Gasteiger partial charge is 0.398 e. The molecule has 0 aliphatic carbocycles. The van der Waals surface area contributed by atoms with Crippen molar-refractivity contribution in [2.45, 2.75) is 0 Å². The predicted octanol–water partition coefficient (Wildman–Crippen LogP) is 0.793. The summed E-state index contributed by atoms with van der Waals surface area (Å²) in [5.41, 5.74) is 6.44. The van der Waals surface area contributed by atoms with E-state index in [9.17, 15) is 9.59 Å². The molecule has 0 fully saturated rings. The van der Waals surface area contributed by atoms with Gasteiger partial charge in [0.1, 0.15) is 11.3 Å². The third-order valence-electron chi connectivity index (χ3n) is 2.66. The number of imidazole rings is 1. The molecule has 7 nitrogen and oxygen atoms in total. The molecule has 1 aromatic carbocycles. The Morgan fingerprint density at radius 3 is 2.74 bits per heavy atom. The van der Waals surface area contributed by atoms with Gasteiger partial charge in [-0.15, -0.1) is 0 Å². The molecule has 3 aromatic rings. The van der Waals surface area contributed by atoms with Gasteiger partial charge in [0.25, 0.3) is 5.56 Å². The van der Waals surface area contributed by atoms with E-state index in [4.69, 9.17) is 5.73 Å². The number of H-pyrrole nitrogens is 3. The second kappa shape index (κ2) is 4.23. The molecule has 96 valence electrons. The van der Waals surface area contributed by atoms with Crippen molar-refractivity contribution in [3.05, 3.63) is 42.6 Å². The maximum atomic E-state index is 11.6. The minimum atomic E-state index is -0.592. The number of rotatable bonds is 1. The Hall–Kier alpha value is -2.10. The van der Waals surface area contributed by atoms with Crippen LogP contribution in [0.1, 0.15) is 0 Å². The van der Waals surface area contributed by atoms with Gasteiger partial charge in [-0.3, -0.25) is 14.8 Å². The molecule has 0 aliphatic rings. The Morgan fingerprint density at radius 1 is 1.16 bits per heavy atom. The first-order valence-electron chi connectivity index (χ1n) is 5.32. The van der Waals surface area contributed by atoms with Crippen LogP contribution in [0.4, 0.5) is 5.69 Å². The molecule has 0 saturated heterocycles. The first-order chi connectivity index (χ1) is 9.04. The van der Waals surface area contributed by atoms with Gasteiger partial charge in [-0.05, 0) is 40.8 Å². The molecular formula is C11H8IN5O2. The lowest BCUT2D eigenvalue weighted by molar-refractivity contribution is 1.07. The zero-order chi connectivity index (χ0) is 13.6. The van der Waals surface area contributed by atoms with Crippen LogP contribution in [-0.2, 0) is 0 Å². The first kappa shape index (κ1) is 12.0. The molecule has 5 N–H and O–H groups in total. The number of benzene rings is 1. The van der Waals surface area contributed by atoms with Gasteiger partial charge in [0.15, 0.2) is 5.65 Å². The number of hydrogen-bond donors (Lipinski definition) is 4. The highest BCUT2D eigenvalue weighted by molar-refractivity contribution is 14.1. The van der Waals surface area contributed by atoms with E-state index >= 15 is 0 Å². The van der Waals surface area contributed by atoms with E-state index in [0.29, 0.717) is 17.1 Å². The van der Waals surface area contributed by atoms with Gasteiger partial charge in [0.05, 0.1) is 0 Å². The molecule has 0 saturated carbocycles. The summed E-state index contributed by atoms with van der Waals surface area (Å²) in [5.74, 6) is 0.443. The molecule has 0 bridgehead atoms. The molecule has 2 heterocycles. The lowest BCUT2D eigenvalue weighted by Crippen LogP contribution is -2.21. The lowest BCUT2D eigenvalue weighted by Gasteiger charge is -2.02. The van der Waals surface area contributed by atoms with E-state index in [2.05, 4.69) is 42.5 Å². The smallest absolute Gasteiger partial charge is 0.327 e. The number of nitrogens with two attached hydrogens (primary N) is 1. The highest BCUT2D eigenvalue weighted by atomic mass is 127. The number of aromatic amines is 3. The summed E-state index contributed by atoms with van der Waals surface area (Å²) in [6.45, 7) is 0. The van der Waals surface area contributed by atoms with Crippen LogP contribution in [0, 0.1) is 3.57 Å². The molecule has 0 radical (unpaired) electrons. The van der Waals surface area contributed by atoms with Crippen molar-refractivity contribution in [2.24, 2.45) is 0 Å².